The van der Waals surface area contributed by atoms with Crippen LogP contribution < -0.4 is 10.1 Å². The van der Waals surface area contributed by atoms with E-state index in [-0.39, 0.29) is 23.5 Å². The number of hydrogen-bond donors (Lipinski definition) is 1. The molecule has 1 atom stereocenters. The molecule has 1 N–H and O–H groups in total. The van der Waals surface area contributed by atoms with Gasteiger partial charge in [0.05, 0.1) is 11.5 Å². The number of amides is 1. The second-order valence-electron chi connectivity index (χ2n) is 6.29. The molecular formula is C20H21NO4S. The molecule has 0 spiro atoms. The molecule has 0 saturated carbocycles. The third-order valence-corrected chi connectivity index (χ3v) is 5.90. The number of benzene rings is 2. The van der Waals surface area contributed by atoms with Crippen molar-refractivity contribution in [1.29, 1.82) is 0 Å². The summed E-state index contributed by atoms with van der Waals surface area (Å²) in [6, 6.07) is 17.1. The summed E-state index contributed by atoms with van der Waals surface area (Å²) in [7, 11) is -2.99. The molecule has 2 aromatic carbocycles. The van der Waals surface area contributed by atoms with Gasteiger partial charge in [-0.25, -0.2) is 8.42 Å². The number of hydrogen-bond acceptors (Lipinski definition) is 4. The number of nitrogens with one attached hydrogen (secondary N) is 1. The highest BCUT2D eigenvalue weighted by Gasteiger charge is 2.28. The fourth-order valence-corrected chi connectivity index (χ4v) is 4.42. The topological polar surface area (TPSA) is 72.5 Å². The van der Waals surface area contributed by atoms with E-state index in [1.165, 1.54) is 6.08 Å². The highest BCUT2D eigenvalue weighted by Crippen LogP contribution is 2.15. The maximum absolute atomic E-state index is 11.9. The molecule has 3 rings (SSSR count). The third kappa shape index (κ3) is 5.46. The van der Waals surface area contributed by atoms with E-state index >= 15 is 0 Å². The van der Waals surface area contributed by atoms with Crippen molar-refractivity contribution in [2.45, 2.75) is 19.1 Å². The van der Waals surface area contributed by atoms with Gasteiger partial charge < -0.3 is 10.1 Å². The van der Waals surface area contributed by atoms with Crippen LogP contribution in [0.15, 0.2) is 60.7 Å². The second kappa shape index (κ2) is 8.19. The Labute approximate surface area is 153 Å². The van der Waals surface area contributed by atoms with Gasteiger partial charge in [-0.15, -0.1) is 0 Å². The summed E-state index contributed by atoms with van der Waals surface area (Å²) in [6.45, 7) is 0.503. The minimum absolute atomic E-state index is 0.0278. The van der Waals surface area contributed by atoms with E-state index in [1.54, 1.807) is 6.08 Å². The third-order valence-electron chi connectivity index (χ3n) is 4.13. The van der Waals surface area contributed by atoms with E-state index in [4.69, 9.17) is 4.74 Å². The first kappa shape index (κ1) is 18.2. The molecule has 2 aromatic rings. The summed E-state index contributed by atoms with van der Waals surface area (Å²) in [6.07, 6.45) is 3.60. The number of carbonyl (C=O) groups is 1. The van der Waals surface area contributed by atoms with Gasteiger partial charge in [0.25, 0.3) is 0 Å². The molecule has 26 heavy (non-hydrogen) atoms. The highest BCUT2D eigenvalue weighted by atomic mass is 32.2. The molecule has 0 bridgehead atoms. The van der Waals surface area contributed by atoms with Crippen LogP contribution in [-0.2, 0) is 21.2 Å². The maximum atomic E-state index is 11.9. The normalized spacial score (nSPS) is 18.7. The standard InChI is InChI=1S/C20H21NO4S/c22-20(21-18-12-13-26(23,24)15-18)11-8-16-6-9-19(10-7-16)25-14-17-4-2-1-3-5-17/h1-11,18H,12-15H2,(H,21,22)/b11-8+. The number of rotatable bonds is 6. The van der Waals surface area contributed by atoms with Gasteiger partial charge in [-0.2, -0.15) is 0 Å². The predicted octanol–water partition coefficient (Wildman–Crippen LogP) is 2.58. The molecule has 1 heterocycles. The van der Waals surface area contributed by atoms with Gasteiger partial charge in [-0.1, -0.05) is 42.5 Å². The van der Waals surface area contributed by atoms with Crippen LogP contribution in [0, 0.1) is 0 Å². The Morgan fingerprint density at radius 1 is 1.12 bits per heavy atom. The molecular weight excluding hydrogens is 350 g/mol. The molecule has 1 unspecified atom stereocenters. The fraction of sp³-hybridized carbons (Fsp3) is 0.250. The molecule has 6 heteroatoms. The first-order valence-corrected chi connectivity index (χ1v) is 10.3. The van der Waals surface area contributed by atoms with Crippen LogP contribution in [0.4, 0.5) is 0 Å². The molecule has 1 amide bonds. The highest BCUT2D eigenvalue weighted by molar-refractivity contribution is 7.91. The van der Waals surface area contributed by atoms with Crippen molar-refractivity contribution in [2.24, 2.45) is 0 Å². The zero-order chi connectivity index (χ0) is 18.4. The van der Waals surface area contributed by atoms with Crippen LogP contribution in [0.5, 0.6) is 5.75 Å². The average Bonchev–Trinajstić information content (AvgIpc) is 2.98. The zero-order valence-electron chi connectivity index (χ0n) is 14.3. The Hall–Kier alpha value is -2.60. The lowest BCUT2D eigenvalue weighted by Gasteiger charge is -2.08. The number of carbonyl (C=O) groups excluding carboxylic acids is 1. The molecule has 1 fully saturated rings. The van der Waals surface area contributed by atoms with Gasteiger partial charge in [0.2, 0.25) is 5.91 Å². The van der Waals surface area contributed by atoms with Crippen molar-refractivity contribution in [3.8, 4) is 5.75 Å². The van der Waals surface area contributed by atoms with E-state index in [1.807, 2.05) is 54.6 Å². The van der Waals surface area contributed by atoms with Crippen molar-refractivity contribution in [3.63, 3.8) is 0 Å². The number of sulfone groups is 1. The Bertz CT molecular complexity index is 874. The zero-order valence-corrected chi connectivity index (χ0v) is 15.1. The molecule has 0 radical (unpaired) electrons. The lowest BCUT2D eigenvalue weighted by Crippen LogP contribution is -2.34. The van der Waals surface area contributed by atoms with Crippen LogP contribution in [0.2, 0.25) is 0 Å². The van der Waals surface area contributed by atoms with Gasteiger partial charge in [-0.3, -0.25) is 4.79 Å². The first-order valence-electron chi connectivity index (χ1n) is 8.46. The van der Waals surface area contributed by atoms with Crippen LogP contribution >= 0.6 is 0 Å². The van der Waals surface area contributed by atoms with Crippen molar-refractivity contribution in [3.05, 3.63) is 71.8 Å². The predicted molar refractivity (Wildman–Crippen MR) is 101 cm³/mol. The van der Waals surface area contributed by atoms with Crippen molar-refractivity contribution < 1.29 is 17.9 Å². The van der Waals surface area contributed by atoms with Crippen LogP contribution in [0.3, 0.4) is 0 Å². The quantitative estimate of drug-likeness (QED) is 0.792. The Morgan fingerprint density at radius 3 is 2.50 bits per heavy atom. The molecule has 1 aliphatic rings. The molecule has 5 nitrogen and oxygen atoms in total. The lowest BCUT2D eigenvalue weighted by atomic mass is 10.2. The maximum Gasteiger partial charge on any atom is 0.244 e. The summed E-state index contributed by atoms with van der Waals surface area (Å²) in [5.74, 6) is 0.648. The van der Waals surface area contributed by atoms with E-state index in [0.717, 1.165) is 16.9 Å². The molecule has 1 aliphatic heterocycles. The number of ether oxygens (including phenoxy) is 1. The van der Waals surface area contributed by atoms with Crippen molar-refractivity contribution >= 4 is 21.8 Å². The summed E-state index contributed by atoms with van der Waals surface area (Å²) >= 11 is 0. The summed E-state index contributed by atoms with van der Waals surface area (Å²) in [5.41, 5.74) is 1.97. The monoisotopic (exact) mass is 371 g/mol. The van der Waals surface area contributed by atoms with E-state index < -0.39 is 9.84 Å². The van der Waals surface area contributed by atoms with E-state index in [2.05, 4.69) is 5.32 Å². The Morgan fingerprint density at radius 2 is 1.85 bits per heavy atom. The molecule has 1 saturated heterocycles. The Balaban J connectivity index is 1.49. The minimum Gasteiger partial charge on any atom is -0.489 e. The van der Waals surface area contributed by atoms with Crippen LogP contribution in [-0.4, -0.2) is 31.9 Å². The lowest BCUT2D eigenvalue weighted by molar-refractivity contribution is -0.116. The summed E-state index contributed by atoms with van der Waals surface area (Å²) in [4.78, 5) is 11.9. The van der Waals surface area contributed by atoms with Gasteiger partial charge in [-0.05, 0) is 35.8 Å². The van der Waals surface area contributed by atoms with Gasteiger partial charge in [0.1, 0.15) is 12.4 Å². The molecule has 136 valence electrons. The van der Waals surface area contributed by atoms with Crippen LogP contribution in [0.25, 0.3) is 6.08 Å². The van der Waals surface area contributed by atoms with E-state index in [9.17, 15) is 13.2 Å². The summed E-state index contributed by atoms with van der Waals surface area (Å²) in [5, 5.41) is 2.72. The fourth-order valence-electron chi connectivity index (χ4n) is 2.75. The second-order valence-corrected chi connectivity index (χ2v) is 8.51. The van der Waals surface area contributed by atoms with Gasteiger partial charge in [0.15, 0.2) is 9.84 Å². The SMILES string of the molecule is O=C(/C=C/c1ccc(OCc2ccccc2)cc1)NC1CCS(=O)(=O)C1. The smallest absolute Gasteiger partial charge is 0.244 e. The molecule has 0 aliphatic carbocycles. The minimum atomic E-state index is -2.99. The van der Waals surface area contributed by atoms with Crippen molar-refractivity contribution in [1.82, 2.24) is 5.32 Å². The Kier molecular flexibility index (Phi) is 5.73. The van der Waals surface area contributed by atoms with Crippen LogP contribution in [0.1, 0.15) is 17.5 Å². The van der Waals surface area contributed by atoms with Gasteiger partial charge >= 0.3 is 0 Å². The molecule has 0 aromatic heterocycles. The largest absolute Gasteiger partial charge is 0.489 e. The summed E-state index contributed by atoms with van der Waals surface area (Å²) < 4.78 is 28.5. The van der Waals surface area contributed by atoms with Gasteiger partial charge in [0, 0.05) is 12.1 Å². The first-order chi connectivity index (χ1) is 12.5. The van der Waals surface area contributed by atoms with Crippen molar-refractivity contribution in [2.75, 3.05) is 11.5 Å². The van der Waals surface area contributed by atoms with E-state index in [0.29, 0.717) is 13.0 Å². The average molecular weight is 371 g/mol.